The van der Waals surface area contributed by atoms with Crippen LogP contribution in [-0.4, -0.2) is 24.0 Å². The monoisotopic (exact) mass is 224 g/mol. The van der Waals surface area contributed by atoms with Gasteiger partial charge in [-0.05, 0) is 31.0 Å². The molecule has 2 rings (SSSR count). The first-order chi connectivity index (χ1) is 7.16. The standard InChI is InChI=1S/C12H17ClN2/c1-9(15-6-5-12(14)8-15)10-3-2-4-11(13)7-10/h2-4,7,9,12H,5-6,8,14H2,1H3/t9?,12-/m1/s1. The van der Waals surface area contributed by atoms with E-state index in [0.29, 0.717) is 12.1 Å². The van der Waals surface area contributed by atoms with Crippen LogP contribution >= 0.6 is 11.6 Å². The number of likely N-dealkylation sites (tertiary alicyclic amines) is 1. The molecule has 2 atom stereocenters. The molecule has 1 aromatic carbocycles. The van der Waals surface area contributed by atoms with Gasteiger partial charge in [0.2, 0.25) is 0 Å². The fourth-order valence-corrected chi connectivity index (χ4v) is 2.34. The molecule has 2 nitrogen and oxygen atoms in total. The van der Waals surface area contributed by atoms with Crippen molar-refractivity contribution in [1.29, 1.82) is 0 Å². The summed E-state index contributed by atoms with van der Waals surface area (Å²) in [5.41, 5.74) is 7.18. The van der Waals surface area contributed by atoms with Crippen molar-refractivity contribution in [2.45, 2.75) is 25.4 Å². The average Bonchev–Trinajstić information content (AvgIpc) is 2.64. The zero-order valence-corrected chi connectivity index (χ0v) is 9.74. The lowest BCUT2D eigenvalue weighted by atomic mass is 10.1. The summed E-state index contributed by atoms with van der Waals surface area (Å²) >= 11 is 5.98. The number of halogens is 1. The largest absolute Gasteiger partial charge is 0.326 e. The number of hydrogen-bond donors (Lipinski definition) is 1. The summed E-state index contributed by atoms with van der Waals surface area (Å²) < 4.78 is 0. The van der Waals surface area contributed by atoms with E-state index < -0.39 is 0 Å². The molecule has 82 valence electrons. The van der Waals surface area contributed by atoms with E-state index in [1.54, 1.807) is 0 Å². The third-order valence-electron chi connectivity index (χ3n) is 3.13. The molecular weight excluding hydrogens is 208 g/mol. The number of nitrogens with zero attached hydrogens (tertiary/aromatic N) is 1. The summed E-state index contributed by atoms with van der Waals surface area (Å²) in [5.74, 6) is 0. The van der Waals surface area contributed by atoms with E-state index in [0.717, 1.165) is 24.5 Å². The van der Waals surface area contributed by atoms with Gasteiger partial charge in [0.25, 0.3) is 0 Å². The van der Waals surface area contributed by atoms with E-state index in [1.165, 1.54) is 5.56 Å². The molecular formula is C12H17ClN2. The molecule has 3 heteroatoms. The highest BCUT2D eigenvalue weighted by atomic mass is 35.5. The number of nitrogens with two attached hydrogens (primary N) is 1. The van der Waals surface area contributed by atoms with Gasteiger partial charge in [-0.25, -0.2) is 0 Å². The molecule has 1 unspecified atom stereocenters. The Morgan fingerprint density at radius 1 is 1.53 bits per heavy atom. The van der Waals surface area contributed by atoms with Crippen LogP contribution < -0.4 is 5.73 Å². The Morgan fingerprint density at radius 2 is 2.33 bits per heavy atom. The molecule has 0 radical (unpaired) electrons. The highest BCUT2D eigenvalue weighted by molar-refractivity contribution is 6.30. The molecule has 0 aliphatic carbocycles. The van der Waals surface area contributed by atoms with Crippen LogP contribution in [0.2, 0.25) is 5.02 Å². The minimum atomic E-state index is 0.339. The van der Waals surface area contributed by atoms with Gasteiger partial charge in [-0.2, -0.15) is 0 Å². The van der Waals surface area contributed by atoms with Crippen LogP contribution in [0.15, 0.2) is 24.3 Å². The topological polar surface area (TPSA) is 29.3 Å². The van der Waals surface area contributed by atoms with Gasteiger partial charge in [0.1, 0.15) is 0 Å². The van der Waals surface area contributed by atoms with Gasteiger partial charge < -0.3 is 5.73 Å². The minimum absolute atomic E-state index is 0.339. The normalized spacial score (nSPS) is 24.3. The first kappa shape index (κ1) is 10.9. The zero-order valence-electron chi connectivity index (χ0n) is 8.99. The maximum absolute atomic E-state index is 5.98. The van der Waals surface area contributed by atoms with E-state index in [9.17, 15) is 0 Å². The molecule has 1 aliphatic heterocycles. The summed E-state index contributed by atoms with van der Waals surface area (Å²) in [6, 6.07) is 8.83. The summed E-state index contributed by atoms with van der Waals surface area (Å²) in [6.07, 6.45) is 1.10. The van der Waals surface area contributed by atoms with Gasteiger partial charge in [0.05, 0.1) is 0 Å². The van der Waals surface area contributed by atoms with Crippen molar-refractivity contribution < 1.29 is 0 Å². The maximum Gasteiger partial charge on any atom is 0.0409 e. The summed E-state index contributed by atoms with van der Waals surface area (Å²) in [4.78, 5) is 2.41. The van der Waals surface area contributed by atoms with Gasteiger partial charge in [-0.15, -0.1) is 0 Å². The van der Waals surface area contributed by atoms with E-state index >= 15 is 0 Å². The first-order valence-electron chi connectivity index (χ1n) is 5.42. The Bertz CT molecular complexity index is 340. The first-order valence-corrected chi connectivity index (χ1v) is 5.79. The minimum Gasteiger partial charge on any atom is -0.326 e. The fraction of sp³-hybridized carbons (Fsp3) is 0.500. The molecule has 1 aliphatic rings. The SMILES string of the molecule is CC(c1cccc(Cl)c1)N1CC[C@@H](N)C1. The molecule has 0 spiro atoms. The van der Waals surface area contributed by atoms with E-state index in [1.807, 2.05) is 18.2 Å². The Kier molecular flexibility index (Phi) is 3.29. The Morgan fingerprint density at radius 3 is 2.93 bits per heavy atom. The van der Waals surface area contributed by atoms with Gasteiger partial charge in [-0.1, -0.05) is 23.7 Å². The van der Waals surface area contributed by atoms with Crippen molar-refractivity contribution in [2.75, 3.05) is 13.1 Å². The predicted molar refractivity (Wildman–Crippen MR) is 64.0 cm³/mol. The molecule has 1 aromatic rings. The molecule has 0 bridgehead atoms. The average molecular weight is 225 g/mol. The second kappa shape index (κ2) is 4.52. The van der Waals surface area contributed by atoms with Crippen LogP contribution in [0, 0.1) is 0 Å². The highest BCUT2D eigenvalue weighted by Gasteiger charge is 2.24. The molecule has 15 heavy (non-hydrogen) atoms. The lowest BCUT2D eigenvalue weighted by Gasteiger charge is -2.24. The number of hydrogen-bond acceptors (Lipinski definition) is 2. The van der Waals surface area contributed by atoms with Crippen LogP contribution in [-0.2, 0) is 0 Å². The Hall–Kier alpha value is -0.570. The summed E-state index contributed by atoms with van der Waals surface area (Å²) in [5, 5.41) is 0.808. The van der Waals surface area contributed by atoms with Crippen LogP contribution in [0.3, 0.4) is 0 Å². The van der Waals surface area contributed by atoms with Crippen LogP contribution in [0.5, 0.6) is 0 Å². The lowest BCUT2D eigenvalue weighted by Crippen LogP contribution is -2.28. The van der Waals surface area contributed by atoms with Crippen molar-refractivity contribution in [3.63, 3.8) is 0 Å². The van der Waals surface area contributed by atoms with E-state index in [-0.39, 0.29) is 0 Å². The smallest absolute Gasteiger partial charge is 0.0409 e. The molecule has 1 saturated heterocycles. The van der Waals surface area contributed by atoms with Crippen molar-refractivity contribution in [2.24, 2.45) is 5.73 Å². The van der Waals surface area contributed by atoms with E-state index in [2.05, 4.69) is 17.9 Å². The highest BCUT2D eigenvalue weighted by Crippen LogP contribution is 2.25. The van der Waals surface area contributed by atoms with Gasteiger partial charge in [0.15, 0.2) is 0 Å². The quantitative estimate of drug-likeness (QED) is 0.836. The van der Waals surface area contributed by atoms with Gasteiger partial charge >= 0.3 is 0 Å². The van der Waals surface area contributed by atoms with Crippen molar-refractivity contribution in [1.82, 2.24) is 4.90 Å². The molecule has 2 N–H and O–H groups in total. The van der Waals surface area contributed by atoms with Crippen molar-refractivity contribution in [3.8, 4) is 0 Å². The summed E-state index contributed by atoms with van der Waals surface area (Å²) in [6.45, 7) is 4.30. The number of rotatable bonds is 2. The second-order valence-electron chi connectivity index (χ2n) is 4.27. The molecule has 0 saturated carbocycles. The second-order valence-corrected chi connectivity index (χ2v) is 4.71. The molecule has 1 heterocycles. The van der Waals surface area contributed by atoms with Crippen molar-refractivity contribution in [3.05, 3.63) is 34.9 Å². The molecule has 0 amide bonds. The number of benzene rings is 1. The predicted octanol–water partition coefficient (Wildman–Crippen LogP) is 2.43. The van der Waals surface area contributed by atoms with Crippen LogP contribution in [0.4, 0.5) is 0 Å². The third kappa shape index (κ3) is 2.51. The van der Waals surface area contributed by atoms with Crippen LogP contribution in [0.1, 0.15) is 24.9 Å². The maximum atomic E-state index is 5.98. The van der Waals surface area contributed by atoms with Gasteiger partial charge in [0, 0.05) is 30.2 Å². The van der Waals surface area contributed by atoms with Crippen LogP contribution in [0.25, 0.3) is 0 Å². The fourth-order valence-electron chi connectivity index (χ4n) is 2.14. The Balaban J connectivity index is 2.10. The lowest BCUT2D eigenvalue weighted by molar-refractivity contribution is 0.260. The van der Waals surface area contributed by atoms with E-state index in [4.69, 9.17) is 17.3 Å². The van der Waals surface area contributed by atoms with Crippen molar-refractivity contribution >= 4 is 11.6 Å². The molecule has 1 fully saturated rings. The Labute approximate surface area is 96.0 Å². The zero-order chi connectivity index (χ0) is 10.8. The summed E-state index contributed by atoms with van der Waals surface area (Å²) in [7, 11) is 0. The third-order valence-corrected chi connectivity index (χ3v) is 3.37. The van der Waals surface area contributed by atoms with Gasteiger partial charge in [-0.3, -0.25) is 4.90 Å². The molecule has 0 aromatic heterocycles.